The predicted molar refractivity (Wildman–Crippen MR) is 60.5 cm³/mol. The maximum Gasteiger partial charge on any atom is 0.251 e. The van der Waals surface area contributed by atoms with Gasteiger partial charge in [-0.2, -0.15) is 0 Å². The smallest absolute Gasteiger partial charge is 0.251 e. The lowest BCUT2D eigenvalue weighted by molar-refractivity contribution is 1.10. The summed E-state index contributed by atoms with van der Waals surface area (Å²) in [5, 5.41) is 1.89. The van der Waals surface area contributed by atoms with Crippen LogP contribution in [0.4, 0.5) is 0 Å². The number of aromatic amines is 1. The maximum atomic E-state index is 11.4. The van der Waals surface area contributed by atoms with E-state index in [0.717, 1.165) is 22.6 Å². The second-order valence-corrected chi connectivity index (χ2v) is 3.17. The number of rotatable bonds is 2. The van der Waals surface area contributed by atoms with Crippen molar-refractivity contribution in [3.05, 3.63) is 45.2 Å². The van der Waals surface area contributed by atoms with Crippen LogP contribution in [0.3, 0.4) is 0 Å². The zero-order chi connectivity index (χ0) is 10.6. The van der Waals surface area contributed by atoms with E-state index in [2.05, 4.69) is 11.6 Å². The Kier molecular flexibility index (Phi) is 3.46. The average Bonchev–Trinajstić information content (AvgIpc) is 2.14. The number of nitrogens with one attached hydrogen (secondary N) is 1. The van der Waals surface area contributed by atoms with E-state index < -0.39 is 0 Å². The van der Waals surface area contributed by atoms with Gasteiger partial charge in [-0.05, 0) is 24.6 Å². The molecule has 0 atom stereocenters. The maximum absolute atomic E-state index is 11.4. The van der Waals surface area contributed by atoms with Gasteiger partial charge in [0.25, 0.3) is 5.56 Å². The summed E-state index contributed by atoms with van der Waals surface area (Å²) in [6, 6.07) is 1.88. The first kappa shape index (κ1) is 10.5. The van der Waals surface area contributed by atoms with Gasteiger partial charge in [-0.1, -0.05) is 31.7 Å². The first-order valence-corrected chi connectivity index (χ1v) is 4.72. The fourth-order valence-electron chi connectivity index (χ4n) is 1.31. The Morgan fingerprint density at radius 3 is 2.86 bits per heavy atom. The molecule has 1 aromatic heterocycles. The molecular formula is C12H15NO. The van der Waals surface area contributed by atoms with Crippen LogP contribution in [0.5, 0.6) is 0 Å². The minimum atomic E-state index is -0.0223. The van der Waals surface area contributed by atoms with Crippen LogP contribution in [0.2, 0.25) is 0 Å². The molecule has 1 N–H and O–H groups in total. The number of pyridine rings is 1. The summed E-state index contributed by atoms with van der Waals surface area (Å²) in [5.41, 5.74) is 0.706. The van der Waals surface area contributed by atoms with Crippen LogP contribution in [0.1, 0.15) is 18.9 Å². The highest BCUT2D eigenvalue weighted by Gasteiger charge is 1.92. The minimum absolute atomic E-state index is 0.0223. The number of allylic oxidation sites excluding steroid dienone is 1. The van der Waals surface area contributed by atoms with Crippen LogP contribution < -0.4 is 16.1 Å². The van der Waals surface area contributed by atoms with Crippen molar-refractivity contribution in [1.82, 2.24) is 4.98 Å². The lowest BCUT2D eigenvalue weighted by atomic mass is 10.2. The Hall–Kier alpha value is -1.57. The van der Waals surface area contributed by atoms with Crippen molar-refractivity contribution in [2.75, 3.05) is 0 Å². The summed E-state index contributed by atoms with van der Waals surface area (Å²) < 4.78 is 0. The van der Waals surface area contributed by atoms with Crippen molar-refractivity contribution in [2.24, 2.45) is 0 Å². The van der Waals surface area contributed by atoms with E-state index in [4.69, 9.17) is 0 Å². The molecule has 2 nitrogen and oxygen atoms in total. The summed E-state index contributed by atoms with van der Waals surface area (Å²) in [6.07, 6.45) is 6.51. The van der Waals surface area contributed by atoms with E-state index >= 15 is 0 Å². The van der Waals surface area contributed by atoms with Crippen LogP contribution in [0.25, 0.3) is 12.2 Å². The van der Waals surface area contributed by atoms with Crippen molar-refractivity contribution < 1.29 is 0 Å². The van der Waals surface area contributed by atoms with E-state index in [9.17, 15) is 4.79 Å². The summed E-state index contributed by atoms with van der Waals surface area (Å²) in [5.74, 6) is 0. The van der Waals surface area contributed by atoms with Crippen molar-refractivity contribution in [1.29, 1.82) is 0 Å². The van der Waals surface area contributed by atoms with Gasteiger partial charge in [0.2, 0.25) is 0 Å². The average molecular weight is 189 g/mol. The third kappa shape index (κ3) is 2.22. The Balaban J connectivity index is 3.64. The normalized spacial score (nSPS) is 13.3. The van der Waals surface area contributed by atoms with Crippen molar-refractivity contribution in [2.45, 2.75) is 20.3 Å². The fraction of sp³-hybridized carbons (Fsp3) is 0.250. The quantitative estimate of drug-likeness (QED) is 0.734. The van der Waals surface area contributed by atoms with Gasteiger partial charge >= 0.3 is 0 Å². The molecule has 0 fully saturated rings. The van der Waals surface area contributed by atoms with Crippen molar-refractivity contribution in [3.63, 3.8) is 0 Å². The molecule has 0 saturated carbocycles. The molecule has 0 spiro atoms. The van der Waals surface area contributed by atoms with Gasteiger partial charge in [0.1, 0.15) is 0 Å². The Bertz CT molecular complexity index is 494. The molecule has 1 rings (SSSR count). The molecule has 0 aromatic carbocycles. The Morgan fingerprint density at radius 2 is 2.29 bits per heavy atom. The molecule has 0 saturated heterocycles. The summed E-state index contributed by atoms with van der Waals surface area (Å²) in [7, 11) is 0. The lowest BCUT2D eigenvalue weighted by Crippen LogP contribution is -2.35. The van der Waals surface area contributed by atoms with Crippen LogP contribution in [-0.4, -0.2) is 4.98 Å². The van der Waals surface area contributed by atoms with E-state index in [1.165, 1.54) is 0 Å². The van der Waals surface area contributed by atoms with E-state index in [0.29, 0.717) is 0 Å². The first-order valence-electron chi connectivity index (χ1n) is 4.72. The van der Waals surface area contributed by atoms with Gasteiger partial charge < -0.3 is 4.98 Å². The first-order chi connectivity index (χ1) is 6.69. The van der Waals surface area contributed by atoms with Crippen molar-refractivity contribution >= 4 is 12.2 Å². The molecule has 0 aliphatic heterocycles. The molecule has 0 radical (unpaired) electrons. The van der Waals surface area contributed by atoms with Gasteiger partial charge in [-0.25, -0.2) is 0 Å². The van der Waals surface area contributed by atoms with Gasteiger partial charge in [0.05, 0.1) is 0 Å². The van der Waals surface area contributed by atoms with Crippen molar-refractivity contribution in [3.8, 4) is 0 Å². The fourth-order valence-corrected chi connectivity index (χ4v) is 1.31. The van der Waals surface area contributed by atoms with E-state index in [1.54, 1.807) is 13.0 Å². The van der Waals surface area contributed by atoms with Crippen LogP contribution in [-0.2, 0) is 0 Å². The number of aryl methyl sites for hydroxylation is 1. The molecular weight excluding hydrogens is 174 g/mol. The standard InChI is InChI=1S/C12H15NO/c1-4-6-10-8-9(3)12(14)13-11(10)7-5-2/h4,6-8H,1,5H2,2-3H3,(H,13,14)/b10-6-,11-7+. The molecule has 14 heavy (non-hydrogen) atoms. The Labute approximate surface area is 83.3 Å². The number of hydrogen-bond donors (Lipinski definition) is 1. The zero-order valence-corrected chi connectivity index (χ0v) is 8.63. The highest BCUT2D eigenvalue weighted by Crippen LogP contribution is 1.78. The van der Waals surface area contributed by atoms with Crippen LogP contribution in [0.15, 0.2) is 23.5 Å². The largest absolute Gasteiger partial charge is 0.322 e. The van der Waals surface area contributed by atoms with E-state index in [-0.39, 0.29) is 5.56 Å². The number of hydrogen-bond acceptors (Lipinski definition) is 1. The Morgan fingerprint density at radius 1 is 1.57 bits per heavy atom. The second kappa shape index (κ2) is 4.61. The number of aromatic nitrogens is 1. The van der Waals surface area contributed by atoms with Crippen LogP contribution in [0, 0.1) is 6.92 Å². The van der Waals surface area contributed by atoms with Gasteiger partial charge in [-0.15, -0.1) is 0 Å². The highest BCUT2D eigenvalue weighted by molar-refractivity contribution is 5.37. The molecule has 74 valence electrons. The molecule has 1 heterocycles. The van der Waals surface area contributed by atoms with Gasteiger partial charge in [0.15, 0.2) is 0 Å². The zero-order valence-electron chi connectivity index (χ0n) is 8.63. The molecule has 0 aliphatic rings. The lowest BCUT2D eigenvalue weighted by Gasteiger charge is -1.93. The second-order valence-electron chi connectivity index (χ2n) is 3.17. The highest BCUT2D eigenvalue weighted by atomic mass is 16.1. The van der Waals surface area contributed by atoms with Gasteiger partial charge in [-0.3, -0.25) is 4.79 Å². The van der Waals surface area contributed by atoms with Gasteiger partial charge in [0, 0.05) is 10.9 Å². The third-order valence-electron chi connectivity index (χ3n) is 2.00. The molecule has 2 heteroatoms. The predicted octanol–water partition coefficient (Wildman–Crippen LogP) is 0.840. The molecule has 0 unspecified atom stereocenters. The van der Waals surface area contributed by atoms with E-state index in [1.807, 2.05) is 25.1 Å². The minimum Gasteiger partial charge on any atom is -0.322 e. The number of H-pyrrole nitrogens is 1. The molecule has 0 amide bonds. The summed E-state index contributed by atoms with van der Waals surface area (Å²) >= 11 is 0. The molecule has 1 aromatic rings. The third-order valence-corrected chi connectivity index (χ3v) is 2.00. The summed E-state index contributed by atoms with van der Waals surface area (Å²) in [4.78, 5) is 14.2. The molecule has 0 aliphatic carbocycles. The summed E-state index contributed by atoms with van der Waals surface area (Å²) in [6.45, 7) is 7.49. The SMILES string of the molecule is C=C/C=c1/cc(C)c(=O)[nH]/c1=C/CC. The monoisotopic (exact) mass is 189 g/mol. The topological polar surface area (TPSA) is 32.9 Å². The van der Waals surface area contributed by atoms with Crippen LogP contribution >= 0.6 is 0 Å². The molecule has 0 bridgehead atoms.